The molecule has 0 radical (unpaired) electrons. The van der Waals surface area contributed by atoms with Crippen LogP contribution in [-0.2, 0) is 20.8 Å². The van der Waals surface area contributed by atoms with Crippen molar-refractivity contribution in [2.45, 2.75) is 64.0 Å². The lowest BCUT2D eigenvalue weighted by Gasteiger charge is -2.50. The minimum atomic E-state index is -2.94. The predicted octanol–water partition coefficient (Wildman–Crippen LogP) is 4.02. The minimum Gasteiger partial charge on any atom is -0.445 e. The van der Waals surface area contributed by atoms with Crippen LogP contribution in [0.3, 0.4) is 0 Å². The van der Waals surface area contributed by atoms with Crippen LogP contribution < -0.4 is 0 Å². The molecule has 1 aromatic rings. The maximum Gasteiger partial charge on any atom is 0.410 e. The third-order valence-corrected chi connectivity index (χ3v) is 5.36. The van der Waals surface area contributed by atoms with Gasteiger partial charge in [-0.3, -0.25) is 0 Å². The zero-order valence-electron chi connectivity index (χ0n) is 17.5. The number of ether oxygens (including phenoxy) is 3. The summed E-state index contributed by atoms with van der Waals surface area (Å²) in [4.78, 5) is 28.3. The van der Waals surface area contributed by atoms with Crippen molar-refractivity contribution in [1.29, 1.82) is 0 Å². The van der Waals surface area contributed by atoms with Gasteiger partial charge in [0.2, 0.25) is 0 Å². The van der Waals surface area contributed by atoms with Gasteiger partial charge >= 0.3 is 18.8 Å². The fraction of sp³-hybridized carbons (Fsp3) is 0.619. The molecule has 1 spiro atoms. The molecule has 0 saturated carbocycles. The molecule has 2 heterocycles. The number of hydrogen-bond donors (Lipinski definition) is 0. The second kappa shape index (κ2) is 8.75. The highest BCUT2D eigenvalue weighted by Crippen LogP contribution is 2.43. The molecule has 0 aromatic heterocycles. The SMILES string of the molecule is CC(C)(C)OC(=O)N1CCC12CC(COC(F)F)N(C(=O)OCc1ccccc1)C2. The van der Waals surface area contributed by atoms with Gasteiger partial charge in [-0.15, -0.1) is 0 Å². The first-order valence-corrected chi connectivity index (χ1v) is 9.97. The van der Waals surface area contributed by atoms with Gasteiger partial charge in [-0.2, -0.15) is 8.78 Å². The molecule has 0 N–H and O–H groups in total. The van der Waals surface area contributed by atoms with E-state index in [4.69, 9.17) is 9.47 Å². The van der Waals surface area contributed by atoms with E-state index in [-0.39, 0.29) is 19.8 Å². The summed E-state index contributed by atoms with van der Waals surface area (Å²) >= 11 is 0. The first kappa shape index (κ1) is 22.3. The van der Waals surface area contributed by atoms with Crippen LogP contribution in [-0.4, -0.2) is 65.5 Å². The quantitative estimate of drug-likeness (QED) is 0.712. The van der Waals surface area contributed by atoms with Crippen LogP contribution in [0.25, 0.3) is 0 Å². The smallest absolute Gasteiger partial charge is 0.410 e. The normalized spacial score (nSPS) is 23.6. The Kier molecular flexibility index (Phi) is 6.50. The summed E-state index contributed by atoms with van der Waals surface area (Å²) < 4.78 is 40.6. The van der Waals surface area contributed by atoms with Gasteiger partial charge in [-0.1, -0.05) is 30.3 Å². The van der Waals surface area contributed by atoms with Crippen molar-refractivity contribution < 1.29 is 32.6 Å². The highest BCUT2D eigenvalue weighted by atomic mass is 19.3. The van der Waals surface area contributed by atoms with E-state index in [1.54, 1.807) is 25.7 Å². The van der Waals surface area contributed by atoms with Gasteiger partial charge in [0, 0.05) is 13.1 Å². The average molecular weight is 426 g/mol. The standard InChI is InChI=1S/C21H28F2N2O5/c1-20(2,3)30-19(27)25-10-9-21(25)11-16(13-28-17(22)23)24(14-21)18(26)29-12-15-7-5-4-6-8-15/h4-8,16-17H,9-14H2,1-3H3. The number of benzene rings is 1. The first-order chi connectivity index (χ1) is 14.1. The highest BCUT2D eigenvalue weighted by Gasteiger charge is 2.57. The zero-order chi connectivity index (χ0) is 21.9. The molecule has 1 aromatic carbocycles. The van der Waals surface area contributed by atoms with Gasteiger partial charge in [-0.05, 0) is 39.2 Å². The number of carbonyl (C=O) groups excluding carboxylic acids is 2. The van der Waals surface area contributed by atoms with Crippen LogP contribution in [0, 0.1) is 0 Å². The summed E-state index contributed by atoms with van der Waals surface area (Å²) in [5.74, 6) is 0. The molecule has 2 unspecified atom stereocenters. The molecule has 7 nitrogen and oxygen atoms in total. The van der Waals surface area contributed by atoms with Crippen molar-refractivity contribution in [1.82, 2.24) is 9.80 Å². The van der Waals surface area contributed by atoms with Crippen molar-refractivity contribution >= 4 is 12.2 Å². The molecule has 2 aliphatic rings. The molecule has 2 amide bonds. The summed E-state index contributed by atoms with van der Waals surface area (Å²) in [6, 6.07) is 8.56. The van der Waals surface area contributed by atoms with Crippen LogP contribution in [0.1, 0.15) is 39.2 Å². The maximum absolute atomic E-state index is 12.7. The molecule has 0 bridgehead atoms. The lowest BCUT2D eigenvalue weighted by Crippen LogP contribution is -2.64. The van der Waals surface area contributed by atoms with Gasteiger partial charge in [-0.25, -0.2) is 9.59 Å². The van der Waals surface area contributed by atoms with Gasteiger partial charge in [0.05, 0.1) is 18.2 Å². The molecular weight excluding hydrogens is 398 g/mol. The molecule has 166 valence electrons. The molecule has 3 rings (SSSR count). The number of halogens is 2. The Hall–Kier alpha value is -2.42. The predicted molar refractivity (Wildman–Crippen MR) is 104 cm³/mol. The van der Waals surface area contributed by atoms with Crippen LogP contribution in [0.5, 0.6) is 0 Å². The fourth-order valence-electron chi connectivity index (χ4n) is 3.93. The van der Waals surface area contributed by atoms with Crippen LogP contribution in [0.15, 0.2) is 30.3 Å². The fourth-order valence-corrected chi connectivity index (χ4v) is 3.93. The Labute approximate surface area is 174 Å². The third kappa shape index (κ3) is 5.19. The van der Waals surface area contributed by atoms with Crippen molar-refractivity contribution in [3.05, 3.63) is 35.9 Å². The summed E-state index contributed by atoms with van der Waals surface area (Å²) in [6.45, 7) is 2.81. The summed E-state index contributed by atoms with van der Waals surface area (Å²) in [6.07, 6.45) is -0.101. The van der Waals surface area contributed by atoms with Crippen molar-refractivity contribution in [2.24, 2.45) is 0 Å². The van der Waals surface area contributed by atoms with Crippen molar-refractivity contribution in [3.63, 3.8) is 0 Å². The second-order valence-corrected chi connectivity index (χ2v) is 8.73. The number of nitrogens with zero attached hydrogens (tertiary/aromatic N) is 2. The molecule has 2 fully saturated rings. The number of hydrogen-bond acceptors (Lipinski definition) is 5. The summed E-state index contributed by atoms with van der Waals surface area (Å²) in [5.41, 5.74) is -0.484. The van der Waals surface area contributed by atoms with E-state index in [9.17, 15) is 18.4 Å². The maximum atomic E-state index is 12.7. The molecule has 9 heteroatoms. The third-order valence-electron chi connectivity index (χ3n) is 5.36. The zero-order valence-corrected chi connectivity index (χ0v) is 17.5. The van der Waals surface area contributed by atoms with Gasteiger partial charge in [0.15, 0.2) is 0 Å². The second-order valence-electron chi connectivity index (χ2n) is 8.73. The molecule has 30 heavy (non-hydrogen) atoms. The van der Waals surface area contributed by atoms with Gasteiger partial charge in [0.1, 0.15) is 12.2 Å². The Morgan fingerprint density at radius 1 is 1.20 bits per heavy atom. The van der Waals surface area contributed by atoms with Crippen molar-refractivity contribution in [2.75, 3.05) is 19.7 Å². The van der Waals surface area contributed by atoms with Crippen LogP contribution >= 0.6 is 0 Å². The Balaban J connectivity index is 1.69. The Bertz CT molecular complexity index is 756. The molecule has 2 aliphatic heterocycles. The molecule has 2 saturated heterocycles. The van der Waals surface area contributed by atoms with E-state index < -0.39 is 36.0 Å². The van der Waals surface area contributed by atoms with E-state index in [1.165, 1.54) is 4.90 Å². The van der Waals surface area contributed by atoms with E-state index >= 15 is 0 Å². The number of amides is 2. The minimum absolute atomic E-state index is 0.0708. The van der Waals surface area contributed by atoms with Crippen molar-refractivity contribution in [3.8, 4) is 0 Å². The Morgan fingerprint density at radius 2 is 1.90 bits per heavy atom. The lowest BCUT2D eigenvalue weighted by atomic mass is 9.83. The number of alkyl halides is 2. The lowest BCUT2D eigenvalue weighted by molar-refractivity contribution is -0.138. The van der Waals surface area contributed by atoms with E-state index in [1.807, 2.05) is 30.3 Å². The number of rotatable bonds is 5. The van der Waals surface area contributed by atoms with E-state index in [0.29, 0.717) is 19.4 Å². The van der Waals surface area contributed by atoms with Crippen LogP contribution in [0.4, 0.5) is 18.4 Å². The highest BCUT2D eigenvalue weighted by molar-refractivity contribution is 5.73. The van der Waals surface area contributed by atoms with Gasteiger partial charge < -0.3 is 24.0 Å². The monoisotopic (exact) mass is 426 g/mol. The topological polar surface area (TPSA) is 68.3 Å². The molecule has 2 atom stereocenters. The summed E-state index contributed by atoms with van der Waals surface area (Å²) in [5, 5.41) is 0. The van der Waals surface area contributed by atoms with Crippen LogP contribution in [0.2, 0.25) is 0 Å². The first-order valence-electron chi connectivity index (χ1n) is 9.97. The van der Waals surface area contributed by atoms with E-state index in [0.717, 1.165) is 5.56 Å². The summed E-state index contributed by atoms with van der Waals surface area (Å²) in [7, 11) is 0. The van der Waals surface area contributed by atoms with Gasteiger partial charge in [0.25, 0.3) is 0 Å². The number of likely N-dealkylation sites (tertiary alicyclic amines) is 2. The van der Waals surface area contributed by atoms with E-state index in [2.05, 4.69) is 4.74 Å². The largest absolute Gasteiger partial charge is 0.445 e. The number of carbonyl (C=O) groups is 2. The molecule has 0 aliphatic carbocycles. The average Bonchev–Trinajstić information content (AvgIpc) is 3.05. The Morgan fingerprint density at radius 3 is 2.47 bits per heavy atom. The molecular formula is C21H28F2N2O5.